The summed E-state index contributed by atoms with van der Waals surface area (Å²) < 4.78 is 0. The smallest absolute Gasteiger partial charge is 0.0957 e. The van der Waals surface area contributed by atoms with E-state index in [-0.39, 0.29) is 0 Å². The van der Waals surface area contributed by atoms with Crippen LogP contribution in [0.25, 0.3) is 11.8 Å². The number of aromatic nitrogens is 1. The molecule has 1 rings (SSSR count). The van der Waals surface area contributed by atoms with Gasteiger partial charge in [0, 0.05) is 12.4 Å². The van der Waals surface area contributed by atoms with Crippen molar-refractivity contribution in [2.75, 3.05) is 0 Å². The molecule has 0 fully saturated rings. The number of hydrogen-bond donors (Lipinski definition) is 0. The van der Waals surface area contributed by atoms with Crippen molar-refractivity contribution in [3.63, 3.8) is 0 Å². The second-order valence-corrected chi connectivity index (χ2v) is 3.51. The molecule has 86 valence electrons. The van der Waals surface area contributed by atoms with Crippen molar-refractivity contribution in [2.45, 2.75) is 13.8 Å². The fourth-order valence-electron chi connectivity index (χ4n) is 1.39. The van der Waals surface area contributed by atoms with Gasteiger partial charge in [-0.1, -0.05) is 25.3 Å². The molecule has 17 heavy (non-hydrogen) atoms. The van der Waals surface area contributed by atoms with Gasteiger partial charge in [0.2, 0.25) is 0 Å². The van der Waals surface area contributed by atoms with Crippen LogP contribution in [-0.2, 0) is 0 Å². The fourth-order valence-corrected chi connectivity index (χ4v) is 1.39. The maximum absolute atomic E-state index is 4.36. The SMILES string of the molecule is C=C=CC=N/C(C(=C)C)=c1\nccc\c1=C\C. The number of pyridine rings is 1. The van der Waals surface area contributed by atoms with Gasteiger partial charge in [-0.15, -0.1) is 5.73 Å². The van der Waals surface area contributed by atoms with E-state index in [1.54, 1.807) is 18.5 Å². The van der Waals surface area contributed by atoms with Crippen molar-refractivity contribution in [1.82, 2.24) is 4.98 Å². The Balaban J connectivity index is 3.59. The zero-order valence-corrected chi connectivity index (χ0v) is 10.3. The van der Waals surface area contributed by atoms with E-state index in [2.05, 4.69) is 28.9 Å². The molecule has 0 amide bonds. The van der Waals surface area contributed by atoms with Crippen LogP contribution in [0.1, 0.15) is 13.8 Å². The Kier molecular flexibility index (Phi) is 4.86. The summed E-state index contributed by atoms with van der Waals surface area (Å²) in [7, 11) is 0. The van der Waals surface area contributed by atoms with Gasteiger partial charge in [-0.25, -0.2) is 0 Å². The second kappa shape index (κ2) is 6.41. The lowest BCUT2D eigenvalue weighted by atomic mass is 10.2. The van der Waals surface area contributed by atoms with Crippen LogP contribution < -0.4 is 10.6 Å². The van der Waals surface area contributed by atoms with Gasteiger partial charge in [-0.3, -0.25) is 9.98 Å². The predicted octanol–water partition coefficient (Wildman–Crippen LogP) is 1.98. The summed E-state index contributed by atoms with van der Waals surface area (Å²) in [4.78, 5) is 8.70. The molecule has 0 aliphatic rings. The molecule has 0 aliphatic carbocycles. The normalized spacial score (nSPS) is 13.4. The molecular weight excluding hydrogens is 208 g/mol. The fraction of sp³-hybridized carbons (Fsp3) is 0.133. The number of aliphatic imine (C=N–C) groups is 1. The van der Waals surface area contributed by atoms with Gasteiger partial charge in [0.25, 0.3) is 0 Å². The zero-order valence-electron chi connectivity index (χ0n) is 10.3. The van der Waals surface area contributed by atoms with Crippen LogP contribution in [0.3, 0.4) is 0 Å². The largest absolute Gasteiger partial charge is 0.254 e. The molecule has 0 aromatic carbocycles. The molecule has 0 bridgehead atoms. The van der Waals surface area contributed by atoms with Crippen LogP contribution in [0.4, 0.5) is 0 Å². The second-order valence-electron chi connectivity index (χ2n) is 3.51. The first-order chi connectivity index (χ1) is 8.20. The Morgan fingerprint density at radius 3 is 2.88 bits per heavy atom. The quantitative estimate of drug-likeness (QED) is 0.569. The van der Waals surface area contributed by atoms with Crippen molar-refractivity contribution in [1.29, 1.82) is 0 Å². The number of nitrogens with zero attached hydrogens (tertiary/aromatic N) is 2. The van der Waals surface area contributed by atoms with E-state index in [9.17, 15) is 0 Å². The maximum Gasteiger partial charge on any atom is 0.0957 e. The Morgan fingerprint density at radius 2 is 2.29 bits per heavy atom. The average Bonchev–Trinajstić information content (AvgIpc) is 2.34. The van der Waals surface area contributed by atoms with E-state index >= 15 is 0 Å². The van der Waals surface area contributed by atoms with Gasteiger partial charge in [-0.2, -0.15) is 0 Å². The van der Waals surface area contributed by atoms with Crippen molar-refractivity contribution in [2.24, 2.45) is 4.99 Å². The van der Waals surface area contributed by atoms with Crippen molar-refractivity contribution >= 4 is 18.0 Å². The van der Waals surface area contributed by atoms with Crippen LogP contribution in [0.15, 0.2) is 53.9 Å². The van der Waals surface area contributed by atoms with E-state index in [1.165, 1.54) is 0 Å². The zero-order chi connectivity index (χ0) is 12.7. The molecule has 0 spiro atoms. The van der Waals surface area contributed by atoms with E-state index in [0.29, 0.717) is 0 Å². The third-order valence-corrected chi connectivity index (χ3v) is 2.17. The van der Waals surface area contributed by atoms with Gasteiger partial charge in [0.15, 0.2) is 0 Å². The monoisotopic (exact) mass is 224 g/mol. The van der Waals surface area contributed by atoms with Crippen molar-refractivity contribution in [3.05, 3.63) is 59.4 Å². The van der Waals surface area contributed by atoms with E-state index in [0.717, 1.165) is 21.8 Å². The van der Waals surface area contributed by atoms with Crippen molar-refractivity contribution < 1.29 is 0 Å². The molecule has 2 heteroatoms. The number of hydrogen-bond acceptors (Lipinski definition) is 2. The highest BCUT2D eigenvalue weighted by atomic mass is 14.8. The summed E-state index contributed by atoms with van der Waals surface area (Å²) in [6.45, 7) is 11.3. The van der Waals surface area contributed by atoms with Crippen LogP contribution in [0, 0.1) is 0 Å². The highest BCUT2D eigenvalue weighted by molar-refractivity contribution is 5.78. The van der Waals surface area contributed by atoms with E-state index in [1.807, 2.05) is 32.1 Å². The molecule has 0 saturated carbocycles. The van der Waals surface area contributed by atoms with Crippen LogP contribution in [-0.4, -0.2) is 11.2 Å². The topological polar surface area (TPSA) is 25.2 Å². The Hall–Kier alpha value is -2.18. The minimum Gasteiger partial charge on any atom is -0.254 e. The predicted molar refractivity (Wildman–Crippen MR) is 74.1 cm³/mol. The third kappa shape index (κ3) is 3.40. The summed E-state index contributed by atoms with van der Waals surface area (Å²) in [6.07, 6.45) is 7.06. The first-order valence-corrected chi connectivity index (χ1v) is 5.36. The molecule has 0 atom stereocenters. The summed E-state index contributed by atoms with van der Waals surface area (Å²) in [5.41, 5.74) is 4.30. The van der Waals surface area contributed by atoms with Crippen LogP contribution in [0.5, 0.6) is 0 Å². The average molecular weight is 224 g/mol. The lowest BCUT2D eigenvalue weighted by Crippen LogP contribution is -2.29. The molecule has 1 aromatic rings. The highest BCUT2D eigenvalue weighted by Gasteiger charge is 1.98. The molecule has 2 nitrogen and oxygen atoms in total. The molecule has 0 aliphatic heterocycles. The number of rotatable bonds is 3. The Morgan fingerprint density at radius 1 is 1.53 bits per heavy atom. The molecule has 0 radical (unpaired) electrons. The summed E-state index contributed by atoms with van der Waals surface area (Å²) in [5, 5.41) is 1.89. The standard InChI is InChI=1S/C15H16N2/c1-5-7-10-16-14(12(3)4)15-13(6-2)9-8-11-17-15/h6-11H,1,3H2,2,4H3/b13-6-,15-14-,16-10?. The minimum atomic E-state index is 0.783. The lowest BCUT2D eigenvalue weighted by Gasteiger charge is -1.99. The molecular formula is C15H16N2. The summed E-state index contributed by atoms with van der Waals surface area (Å²) in [5.74, 6) is 0. The maximum atomic E-state index is 4.36. The third-order valence-electron chi connectivity index (χ3n) is 2.17. The Labute approximate surface area is 102 Å². The van der Waals surface area contributed by atoms with E-state index < -0.39 is 0 Å². The Bertz CT molecular complexity index is 600. The van der Waals surface area contributed by atoms with E-state index in [4.69, 9.17) is 0 Å². The number of allylic oxidation sites excluding steroid dienone is 1. The molecule has 1 aromatic heterocycles. The first-order valence-electron chi connectivity index (χ1n) is 5.36. The lowest BCUT2D eigenvalue weighted by molar-refractivity contribution is 1.18. The first kappa shape index (κ1) is 12.9. The highest BCUT2D eigenvalue weighted by Crippen LogP contribution is 2.05. The molecule has 1 heterocycles. The van der Waals surface area contributed by atoms with Gasteiger partial charge in [0.05, 0.1) is 11.0 Å². The molecule has 0 unspecified atom stereocenters. The van der Waals surface area contributed by atoms with Gasteiger partial charge in [-0.05, 0) is 36.8 Å². The van der Waals surface area contributed by atoms with Crippen LogP contribution in [0.2, 0.25) is 0 Å². The van der Waals surface area contributed by atoms with Gasteiger partial charge < -0.3 is 0 Å². The van der Waals surface area contributed by atoms with Gasteiger partial charge >= 0.3 is 0 Å². The molecule has 0 N–H and O–H groups in total. The van der Waals surface area contributed by atoms with Crippen LogP contribution >= 0.6 is 0 Å². The minimum absolute atomic E-state index is 0.783. The molecule has 0 saturated heterocycles. The van der Waals surface area contributed by atoms with Crippen molar-refractivity contribution in [3.8, 4) is 0 Å². The summed E-state index contributed by atoms with van der Waals surface area (Å²) in [6, 6.07) is 3.91. The van der Waals surface area contributed by atoms with Gasteiger partial charge in [0.1, 0.15) is 0 Å². The summed E-state index contributed by atoms with van der Waals surface area (Å²) >= 11 is 0.